The highest BCUT2D eigenvalue weighted by Gasteiger charge is 2.20. The lowest BCUT2D eigenvalue weighted by Gasteiger charge is -2.33. The maximum atomic E-state index is 12.4. The summed E-state index contributed by atoms with van der Waals surface area (Å²) in [5.41, 5.74) is 4.11. The second kappa shape index (κ2) is 10.6. The molecule has 2 aromatic rings. The van der Waals surface area contributed by atoms with Crippen molar-refractivity contribution in [1.29, 1.82) is 0 Å². The van der Waals surface area contributed by atoms with Crippen LogP contribution in [-0.4, -0.2) is 60.9 Å². The first-order valence-electron chi connectivity index (χ1n) is 10.2. The molecule has 1 saturated heterocycles. The molecule has 0 atom stereocenters. The van der Waals surface area contributed by atoms with Crippen LogP contribution in [0.2, 0.25) is 5.02 Å². The number of carbonyl (C=O) groups is 2. The number of piperazine rings is 1. The van der Waals surface area contributed by atoms with Gasteiger partial charge in [-0.1, -0.05) is 35.9 Å². The van der Waals surface area contributed by atoms with Gasteiger partial charge in [0.25, 0.3) is 0 Å². The number of aryl methyl sites for hydroxylation is 1. The molecule has 1 aliphatic heterocycles. The first-order valence-corrected chi connectivity index (χ1v) is 10.6. The van der Waals surface area contributed by atoms with Crippen molar-refractivity contribution in [3.63, 3.8) is 0 Å². The topological polar surface area (TPSA) is 64.7 Å². The fourth-order valence-corrected chi connectivity index (χ4v) is 3.70. The fraction of sp³-hybridized carbons (Fsp3) is 0.391. The molecule has 1 fully saturated rings. The molecule has 6 nitrogen and oxygen atoms in total. The van der Waals surface area contributed by atoms with E-state index in [1.165, 1.54) is 0 Å². The van der Waals surface area contributed by atoms with Crippen LogP contribution in [0.1, 0.15) is 16.7 Å². The first-order chi connectivity index (χ1) is 14.4. The van der Waals surface area contributed by atoms with Crippen molar-refractivity contribution in [3.8, 4) is 0 Å². The summed E-state index contributed by atoms with van der Waals surface area (Å²) in [5.74, 6) is -0.00694. The highest BCUT2D eigenvalue weighted by molar-refractivity contribution is 6.30. The number of carbonyl (C=O) groups excluding carboxylic acids is 2. The molecule has 0 aliphatic carbocycles. The van der Waals surface area contributed by atoms with Crippen molar-refractivity contribution in [2.75, 3.05) is 44.6 Å². The lowest BCUT2D eigenvalue weighted by atomic mass is 10.1. The predicted octanol–water partition coefficient (Wildman–Crippen LogP) is 2.83. The van der Waals surface area contributed by atoms with E-state index in [9.17, 15) is 9.59 Å². The van der Waals surface area contributed by atoms with E-state index in [1.807, 2.05) is 56.3 Å². The molecule has 0 unspecified atom stereocenters. The molecular formula is C23H29ClN4O2. The van der Waals surface area contributed by atoms with E-state index >= 15 is 0 Å². The third kappa shape index (κ3) is 6.55. The molecule has 2 amide bonds. The van der Waals surface area contributed by atoms with Gasteiger partial charge in [0.1, 0.15) is 0 Å². The summed E-state index contributed by atoms with van der Waals surface area (Å²) in [6.07, 6.45) is 0. The molecule has 30 heavy (non-hydrogen) atoms. The van der Waals surface area contributed by atoms with E-state index in [1.54, 1.807) is 0 Å². The van der Waals surface area contributed by atoms with E-state index in [4.69, 9.17) is 11.6 Å². The zero-order chi connectivity index (χ0) is 21.5. The molecule has 1 heterocycles. The van der Waals surface area contributed by atoms with Gasteiger partial charge < -0.3 is 10.6 Å². The van der Waals surface area contributed by atoms with Crippen molar-refractivity contribution < 1.29 is 9.59 Å². The number of benzene rings is 2. The van der Waals surface area contributed by atoms with Gasteiger partial charge in [-0.05, 0) is 48.7 Å². The molecule has 0 radical (unpaired) electrons. The Balaban J connectivity index is 1.37. The highest BCUT2D eigenvalue weighted by atomic mass is 35.5. The average Bonchev–Trinajstić information content (AvgIpc) is 2.71. The predicted molar refractivity (Wildman–Crippen MR) is 121 cm³/mol. The summed E-state index contributed by atoms with van der Waals surface area (Å²) in [6, 6.07) is 13.4. The number of hydrogen-bond donors (Lipinski definition) is 2. The summed E-state index contributed by atoms with van der Waals surface area (Å²) in [5, 5.41) is 6.61. The third-order valence-corrected chi connectivity index (χ3v) is 5.69. The summed E-state index contributed by atoms with van der Waals surface area (Å²) in [7, 11) is 0. The van der Waals surface area contributed by atoms with Crippen LogP contribution in [-0.2, 0) is 16.1 Å². The Morgan fingerprint density at radius 3 is 2.23 bits per heavy atom. The Morgan fingerprint density at radius 2 is 1.57 bits per heavy atom. The Bertz CT molecular complexity index is 895. The maximum Gasteiger partial charge on any atom is 0.238 e. The number of rotatable bonds is 7. The molecule has 0 aromatic heterocycles. The minimum absolute atomic E-state index is 0.00332. The molecule has 7 heteroatoms. The SMILES string of the molecule is Cc1cccc(NC(=O)CN2CCN(CC(=O)NCc3cccc(Cl)c3)CC2)c1C. The Morgan fingerprint density at radius 1 is 0.933 bits per heavy atom. The lowest BCUT2D eigenvalue weighted by Crippen LogP contribution is -2.50. The van der Waals surface area contributed by atoms with Crippen LogP contribution in [0.15, 0.2) is 42.5 Å². The van der Waals surface area contributed by atoms with E-state index in [2.05, 4.69) is 20.4 Å². The zero-order valence-corrected chi connectivity index (χ0v) is 18.3. The minimum atomic E-state index is -0.00362. The van der Waals surface area contributed by atoms with Gasteiger partial charge in [0.05, 0.1) is 13.1 Å². The number of nitrogens with zero attached hydrogens (tertiary/aromatic N) is 2. The molecule has 0 saturated carbocycles. The Labute approximate surface area is 183 Å². The highest BCUT2D eigenvalue weighted by Crippen LogP contribution is 2.18. The Kier molecular flexibility index (Phi) is 7.85. The summed E-state index contributed by atoms with van der Waals surface area (Å²) in [4.78, 5) is 28.9. The van der Waals surface area contributed by atoms with Crippen molar-refractivity contribution >= 4 is 29.1 Å². The molecule has 0 spiro atoms. The normalized spacial score (nSPS) is 15.0. The number of amides is 2. The van der Waals surface area contributed by atoms with Crippen LogP contribution in [0.3, 0.4) is 0 Å². The van der Waals surface area contributed by atoms with Crippen LogP contribution >= 0.6 is 11.6 Å². The van der Waals surface area contributed by atoms with Gasteiger partial charge in [-0.25, -0.2) is 0 Å². The van der Waals surface area contributed by atoms with Gasteiger partial charge >= 0.3 is 0 Å². The van der Waals surface area contributed by atoms with Gasteiger partial charge in [-0.15, -0.1) is 0 Å². The molecule has 160 valence electrons. The van der Waals surface area contributed by atoms with Gasteiger partial charge in [0.2, 0.25) is 11.8 Å². The number of halogens is 1. The average molecular weight is 429 g/mol. The van der Waals surface area contributed by atoms with Crippen molar-refractivity contribution in [2.45, 2.75) is 20.4 Å². The summed E-state index contributed by atoms with van der Waals surface area (Å²) in [6.45, 7) is 8.31. The summed E-state index contributed by atoms with van der Waals surface area (Å²) >= 11 is 5.97. The van der Waals surface area contributed by atoms with E-state index < -0.39 is 0 Å². The lowest BCUT2D eigenvalue weighted by molar-refractivity contribution is -0.123. The Hall–Kier alpha value is -2.41. The van der Waals surface area contributed by atoms with E-state index in [-0.39, 0.29) is 11.8 Å². The van der Waals surface area contributed by atoms with Crippen molar-refractivity contribution in [3.05, 3.63) is 64.2 Å². The first kappa shape index (κ1) is 22.3. The smallest absolute Gasteiger partial charge is 0.238 e. The largest absolute Gasteiger partial charge is 0.351 e. The van der Waals surface area contributed by atoms with Gasteiger partial charge in [-0.2, -0.15) is 0 Å². The van der Waals surface area contributed by atoms with Gasteiger partial charge in [0.15, 0.2) is 0 Å². The molecular weight excluding hydrogens is 400 g/mol. The van der Waals surface area contributed by atoms with E-state index in [0.717, 1.165) is 48.6 Å². The fourth-order valence-electron chi connectivity index (χ4n) is 3.49. The summed E-state index contributed by atoms with van der Waals surface area (Å²) < 4.78 is 0. The van der Waals surface area contributed by atoms with Crippen LogP contribution in [0, 0.1) is 13.8 Å². The molecule has 3 rings (SSSR count). The number of hydrogen-bond acceptors (Lipinski definition) is 4. The number of anilines is 1. The van der Waals surface area contributed by atoms with E-state index in [0.29, 0.717) is 24.7 Å². The third-order valence-electron chi connectivity index (χ3n) is 5.46. The zero-order valence-electron chi connectivity index (χ0n) is 17.6. The van der Waals surface area contributed by atoms with Crippen LogP contribution < -0.4 is 10.6 Å². The van der Waals surface area contributed by atoms with Crippen LogP contribution in [0.4, 0.5) is 5.69 Å². The van der Waals surface area contributed by atoms with Crippen molar-refractivity contribution in [1.82, 2.24) is 15.1 Å². The molecule has 1 aliphatic rings. The maximum absolute atomic E-state index is 12.4. The van der Waals surface area contributed by atoms with Crippen LogP contribution in [0.25, 0.3) is 0 Å². The molecule has 0 bridgehead atoms. The quantitative estimate of drug-likeness (QED) is 0.711. The van der Waals surface area contributed by atoms with Gasteiger partial charge in [0, 0.05) is 43.4 Å². The van der Waals surface area contributed by atoms with Crippen LogP contribution in [0.5, 0.6) is 0 Å². The van der Waals surface area contributed by atoms with Gasteiger partial charge in [-0.3, -0.25) is 19.4 Å². The van der Waals surface area contributed by atoms with Crippen molar-refractivity contribution in [2.24, 2.45) is 0 Å². The minimum Gasteiger partial charge on any atom is -0.351 e. The molecule has 2 aromatic carbocycles. The molecule has 2 N–H and O–H groups in total. The standard InChI is InChI=1S/C23H29ClN4O2/c1-17-5-3-8-21(18(17)2)26-23(30)16-28-11-9-27(10-12-28)15-22(29)25-14-19-6-4-7-20(24)13-19/h3-8,13H,9-12,14-16H2,1-2H3,(H,25,29)(H,26,30). The monoisotopic (exact) mass is 428 g/mol. The second-order valence-corrected chi connectivity index (χ2v) is 8.19. The second-order valence-electron chi connectivity index (χ2n) is 7.75. The number of nitrogens with one attached hydrogen (secondary N) is 2.